The molecule has 4 atom stereocenters. The van der Waals surface area contributed by atoms with Crippen molar-refractivity contribution in [2.24, 2.45) is 5.92 Å². The van der Waals surface area contributed by atoms with Crippen LogP contribution in [0.25, 0.3) is 0 Å². The van der Waals surface area contributed by atoms with Gasteiger partial charge in [0.05, 0.1) is 6.61 Å². The number of hydrogen-bond donors (Lipinski definition) is 2. The minimum atomic E-state index is -1.02. The maximum atomic E-state index is 12.5. The van der Waals surface area contributed by atoms with Crippen LogP contribution in [0.1, 0.15) is 32.8 Å². The summed E-state index contributed by atoms with van der Waals surface area (Å²) in [6.07, 6.45) is 0.495. The summed E-state index contributed by atoms with van der Waals surface area (Å²) in [7, 11) is 0. The van der Waals surface area contributed by atoms with Crippen molar-refractivity contribution in [3.63, 3.8) is 0 Å². The number of ether oxygens (including phenoxy) is 1. The van der Waals surface area contributed by atoms with E-state index >= 15 is 0 Å². The Bertz CT molecular complexity index is 801. The number of β-lactam (4-membered cyclic amide) rings is 1. The van der Waals surface area contributed by atoms with Gasteiger partial charge in [-0.15, -0.1) is 23.4 Å². The number of halogens is 1. The normalized spacial score (nSPS) is 25.7. The van der Waals surface area contributed by atoms with Crippen LogP contribution in [0, 0.1) is 5.92 Å². The molecule has 4 unspecified atom stereocenters. The van der Waals surface area contributed by atoms with Crippen molar-refractivity contribution < 1.29 is 24.2 Å². The third-order valence-electron chi connectivity index (χ3n) is 5.32. The van der Waals surface area contributed by atoms with E-state index in [9.17, 15) is 19.5 Å². The molecule has 29 heavy (non-hydrogen) atoms. The number of amides is 2. The molecule has 2 fully saturated rings. The van der Waals surface area contributed by atoms with Crippen LogP contribution in [0.4, 0.5) is 0 Å². The third kappa shape index (κ3) is 4.33. The molecule has 0 bridgehead atoms. The number of thioether (sulfide) groups is 1. The Balaban J connectivity index is 1.49. The first-order valence-corrected chi connectivity index (χ1v) is 10.9. The quantitative estimate of drug-likeness (QED) is 0.476. The van der Waals surface area contributed by atoms with Gasteiger partial charge < -0.3 is 20.1 Å². The summed E-state index contributed by atoms with van der Waals surface area (Å²) in [5.74, 6) is -0.779. The van der Waals surface area contributed by atoms with Gasteiger partial charge in [-0.3, -0.25) is 9.59 Å². The Morgan fingerprint density at radius 2 is 2.00 bits per heavy atom. The molecule has 2 aliphatic rings. The van der Waals surface area contributed by atoms with Gasteiger partial charge in [-0.2, -0.15) is 0 Å². The minimum Gasteiger partial charge on any atom is -0.494 e. The number of carbonyl (C=O) groups is 3. The molecule has 2 amide bonds. The van der Waals surface area contributed by atoms with Crippen LogP contribution in [0.2, 0.25) is 0 Å². The van der Waals surface area contributed by atoms with E-state index < -0.39 is 22.8 Å². The lowest BCUT2D eigenvalue weighted by molar-refractivity contribution is -0.161. The van der Waals surface area contributed by atoms with Crippen LogP contribution in [-0.2, 0) is 20.3 Å². The maximum absolute atomic E-state index is 12.5. The first-order valence-electron chi connectivity index (χ1n) is 9.46. The molecular weight excluding hydrogens is 416 g/mol. The topological polar surface area (TPSA) is 95.9 Å². The monoisotopic (exact) mass is 440 g/mol. The minimum absolute atomic E-state index is 0.235. The summed E-state index contributed by atoms with van der Waals surface area (Å²) in [6.45, 7) is 5.76. The summed E-state index contributed by atoms with van der Waals surface area (Å²) >= 11 is 7.17. The molecule has 0 aromatic heterocycles. The number of benzene rings is 1. The second-order valence-electron chi connectivity index (χ2n) is 7.90. The first-order chi connectivity index (χ1) is 13.7. The van der Waals surface area contributed by atoms with Crippen LogP contribution in [0.15, 0.2) is 24.3 Å². The number of carbonyl (C=O) groups excluding carboxylic acids is 2. The van der Waals surface area contributed by atoms with Crippen LogP contribution in [-0.4, -0.2) is 56.6 Å². The van der Waals surface area contributed by atoms with Gasteiger partial charge in [-0.05, 0) is 38.0 Å². The highest BCUT2D eigenvalue weighted by Crippen LogP contribution is 2.50. The van der Waals surface area contributed by atoms with E-state index in [1.165, 1.54) is 16.7 Å². The molecule has 0 aliphatic carbocycles. The smallest absolute Gasteiger partial charge is 0.327 e. The Kier molecular flexibility index (Phi) is 6.33. The molecule has 0 radical (unpaired) electrons. The zero-order chi connectivity index (χ0) is 21.3. The van der Waals surface area contributed by atoms with Crippen molar-refractivity contribution in [1.82, 2.24) is 10.2 Å². The molecule has 158 valence electrons. The highest BCUT2D eigenvalue weighted by molar-refractivity contribution is 8.01. The first kappa shape index (κ1) is 21.8. The molecular formula is C20H25ClN2O5S. The summed E-state index contributed by atoms with van der Waals surface area (Å²) in [4.78, 5) is 37.9. The maximum Gasteiger partial charge on any atom is 0.327 e. The van der Waals surface area contributed by atoms with Crippen LogP contribution in [0.3, 0.4) is 0 Å². The molecule has 2 heterocycles. The van der Waals surface area contributed by atoms with Crippen LogP contribution >= 0.6 is 23.4 Å². The number of carboxylic acid groups (broad SMARTS) is 1. The predicted molar refractivity (Wildman–Crippen MR) is 111 cm³/mol. The number of rotatable bonds is 8. The summed E-state index contributed by atoms with van der Waals surface area (Å²) in [6, 6.07) is 5.89. The number of carboxylic acids is 1. The average Bonchev–Trinajstić information content (AvgIpc) is 2.94. The third-order valence-corrected chi connectivity index (χ3v) is 7.20. The molecule has 2 N–H and O–H groups in total. The fraction of sp³-hybridized carbons (Fsp3) is 0.550. The Morgan fingerprint density at radius 3 is 2.59 bits per heavy atom. The Morgan fingerprint density at radius 1 is 1.34 bits per heavy atom. The molecule has 2 saturated heterocycles. The zero-order valence-electron chi connectivity index (χ0n) is 16.6. The molecule has 1 aromatic carbocycles. The molecule has 7 nitrogen and oxygen atoms in total. The zero-order valence-corrected chi connectivity index (χ0v) is 18.1. The fourth-order valence-corrected chi connectivity index (χ4v) is 5.40. The number of nitrogens with zero attached hydrogens (tertiary/aromatic N) is 1. The molecule has 9 heteroatoms. The largest absolute Gasteiger partial charge is 0.494 e. The van der Waals surface area contributed by atoms with Crippen molar-refractivity contribution >= 4 is 41.1 Å². The second kappa shape index (κ2) is 8.44. The van der Waals surface area contributed by atoms with E-state index in [0.29, 0.717) is 24.7 Å². The average molecular weight is 441 g/mol. The van der Waals surface area contributed by atoms with Crippen molar-refractivity contribution in [2.75, 3.05) is 6.61 Å². The van der Waals surface area contributed by atoms with E-state index in [-0.39, 0.29) is 23.1 Å². The lowest BCUT2D eigenvalue weighted by Crippen LogP contribution is -2.71. The second-order valence-corrected chi connectivity index (χ2v) is 9.94. The van der Waals surface area contributed by atoms with Crippen molar-refractivity contribution in [3.05, 3.63) is 29.8 Å². The molecule has 3 rings (SSSR count). The number of aliphatic carboxylic acids is 1. The summed E-state index contributed by atoms with van der Waals surface area (Å²) in [5, 5.41) is 11.9. The number of fused-ring (bicyclic) bond motifs is 1. The lowest BCUT2D eigenvalue weighted by atomic mass is 9.95. The fourth-order valence-electron chi connectivity index (χ4n) is 3.60. The lowest BCUT2D eigenvalue weighted by Gasteiger charge is -2.43. The number of alkyl halides is 1. The standard InChI is InChI=1S/C20H25ClN2O5S/c1-11(8-9-28-13-6-4-12(10-21)5-7-13)16(24)22-14-17(25)23-15(19(26)27)20(2,3)29-18(14)23/h4-7,11,14-15,18H,8-10H2,1-3H3,(H,22,24)(H,26,27). The van der Waals surface area contributed by atoms with E-state index in [2.05, 4.69) is 5.32 Å². The van der Waals surface area contributed by atoms with Gasteiger partial charge in [0.1, 0.15) is 23.2 Å². The summed E-state index contributed by atoms with van der Waals surface area (Å²) < 4.78 is 5.06. The van der Waals surface area contributed by atoms with Crippen LogP contribution in [0.5, 0.6) is 5.75 Å². The molecule has 0 spiro atoms. The van der Waals surface area contributed by atoms with Crippen LogP contribution < -0.4 is 10.1 Å². The van der Waals surface area contributed by atoms with Gasteiger partial charge in [0.2, 0.25) is 11.8 Å². The van der Waals surface area contributed by atoms with E-state index in [1.807, 2.05) is 24.3 Å². The molecule has 2 aliphatic heterocycles. The van der Waals surface area contributed by atoms with Crippen molar-refractivity contribution in [3.8, 4) is 5.75 Å². The van der Waals surface area contributed by atoms with Gasteiger partial charge >= 0.3 is 5.97 Å². The number of hydrogen-bond acceptors (Lipinski definition) is 5. The predicted octanol–water partition coefficient (Wildman–Crippen LogP) is 2.46. The molecule has 1 aromatic rings. The molecule has 0 saturated carbocycles. The van der Waals surface area contributed by atoms with Gasteiger partial charge in [-0.1, -0.05) is 19.1 Å². The van der Waals surface area contributed by atoms with E-state index in [0.717, 1.165) is 5.56 Å². The summed E-state index contributed by atoms with van der Waals surface area (Å²) in [5.41, 5.74) is 1.00. The highest BCUT2D eigenvalue weighted by Gasteiger charge is 2.64. The number of nitrogens with one attached hydrogen (secondary N) is 1. The van der Waals surface area contributed by atoms with Crippen molar-refractivity contribution in [1.29, 1.82) is 0 Å². The Hall–Kier alpha value is -1.93. The van der Waals surface area contributed by atoms with Gasteiger partial charge in [-0.25, -0.2) is 4.79 Å². The van der Waals surface area contributed by atoms with Crippen molar-refractivity contribution in [2.45, 2.75) is 55.3 Å². The van der Waals surface area contributed by atoms with Gasteiger partial charge in [0, 0.05) is 16.5 Å². The van der Waals surface area contributed by atoms with Gasteiger partial charge in [0.25, 0.3) is 0 Å². The Labute approximate surface area is 179 Å². The highest BCUT2D eigenvalue weighted by atomic mass is 35.5. The van der Waals surface area contributed by atoms with E-state index in [4.69, 9.17) is 16.3 Å². The SMILES string of the molecule is CC(CCOc1ccc(CCl)cc1)C(=O)NC1C(=O)N2C1SC(C)(C)C2C(=O)O. The van der Waals surface area contributed by atoms with Gasteiger partial charge in [0.15, 0.2) is 0 Å². The van der Waals surface area contributed by atoms with E-state index in [1.54, 1.807) is 20.8 Å².